The van der Waals surface area contributed by atoms with Gasteiger partial charge in [0.25, 0.3) is 0 Å². The third-order valence-corrected chi connectivity index (χ3v) is 8.96. The summed E-state index contributed by atoms with van der Waals surface area (Å²) in [7, 11) is -0.873. The minimum Gasteiger partial charge on any atom is -0.395 e. The lowest BCUT2D eigenvalue weighted by Gasteiger charge is -2.40. The standard InChI is InChI=1S/C31H44F2N4O7S/c1-22(2)20-37(45(41,42)25-14-15-26-27(18-25)44-31(32,33)43-26)30(40,19-24-11-7-6-8-12-24)16-17-34-28(38)13-9-10-23(3)35-29(39)21-36(4)5/h6-8,11-12,14-15,18,22-23,40H,9-10,13,16-17,19-21H2,1-5H3,(H,34,38)(H,35,39). The van der Waals surface area contributed by atoms with Crippen molar-refractivity contribution < 1.29 is 41.4 Å². The highest BCUT2D eigenvalue weighted by molar-refractivity contribution is 7.89. The number of amides is 2. The molecule has 14 heteroatoms. The second kappa shape index (κ2) is 15.3. The molecular formula is C31H44F2N4O7S. The van der Waals surface area contributed by atoms with E-state index in [1.54, 1.807) is 63.2 Å². The maximum Gasteiger partial charge on any atom is 0.586 e. The molecule has 0 saturated heterocycles. The van der Waals surface area contributed by atoms with Gasteiger partial charge < -0.3 is 30.1 Å². The number of hydrogen-bond donors (Lipinski definition) is 3. The fourth-order valence-electron chi connectivity index (χ4n) is 5.00. The highest BCUT2D eigenvalue weighted by Gasteiger charge is 2.46. The van der Waals surface area contributed by atoms with Gasteiger partial charge in [-0.1, -0.05) is 44.2 Å². The Labute approximate surface area is 263 Å². The molecule has 1 aliphatic rings. The number of likely N-dealkylation sites (N-methyl/N-ethyl adjacent to an activating group) is 1. The molecule has 0 radical (unpaired) electrons. The molecule has 2 aromatic carbocycles. The van der Waals surface area contributed by atoms with Crippen molar-refractivity contribution in [1.82, 2.24) is 19.8 Å². The van der Waals surface area contributed by atoms with Crippen LogP contribution in [0.1, 0.15) is 52.0 Å². The van der Waals surface area contributed by atoms with Crippen LogP contribution < -0.4 is 20.1 Å². The minimum atomic E-state index is -4.47. The SMILES string of the molecule is CC(C)CN(C(O)(CCNC(=O)CCCC(C)NC(=O)CN(C)C)Cc1ccccc1)S(=O)(=O)c1ccc2c(c1)OC(F)(F)O2. The summed E-state index contributed by atoms with van der Waals surface area (Å²) in [5.41, 5.74) is -1.34. The number of alkyl halides is 2. The van der Waals surface area contributed by atoms with Crippen molar-refractivity contribution in [2.24, 2.45) is 5.92 Å². The second-order valence-corrected chi connectivity index (χ2v) is 13.9. The average Bonchev–Trinajstić information content (AvgIpc) is 3.24. The number of aliphatic hydroxyl groups is 1. The number of rotatable bonds is 17. The van der Waals surface area contributed by atoms with Gasteiger partial charge in [0.2, 0.25) is 21.8 Å². The molecule has 250 valence electrons. The summed E-state index contributed by atoms with van der Waals surface area (Å²) in [6, 6.07) is 11.9. The number of carbonyl (C=O) groups is 2. The van der Waals surface area contributed by atoms with Crippen LogP contribution >= 0.6 is 0 Å². The van der Waals surface area contributed by atoms with Gasteiger partial charge in [-0.2, -0.15) is 4.31 Å². The molecule has 0 fully saturated rings. The number of nitrogens with zero attached hydrogens (tertiary/aromatic N) is 2. The van der Waals surface area contributed by atoms with Crippen molar-refractivity contribution in [3.8, 4) is 11.5 Å². The van der Waals surface area contributed by atoms with E-state index in [2.05, 4.69) is 20.1 Å². The molecule has 3 N–H and O–H groups in total. The first-order valence-electron chi connectivity index (χ1n) is 14.9. The Hall–Kier alpha value is -3.33. The summed E-state index contributed by atoms with van der Waals surface area (Å²) < 4.78 is 65.3. The number of hydrogen-bond acceptors (Lipinski definition) is 8. The van der Waals surface area contributed by atoms with Crippen LogP contribution in [0, 0.1) is 5.92 Å². The van der Waals surface area contributed by atoms with E-state index in [0.29, 0.717) is 18.4 Å². The summed E-state index contributed by atoms with van der Waals surface area (Å²) in [6.45, 7) is 5.58. The molecule has 11 nitrogen and oxygen atoms in total. The van der Waals surface area contributed by atoms with Gasteiger partial charge in [-0.15, -0.1) is 8.78 Å². The van der Waals surface area contributed by atoms with Crippen molar-refractivity contribution in [3.63, 3.8) is 0 Å². The quantitative estimate of drug-likeness (QED) is 0.221. The van der Waals surface area contributed by atoms with Crippen LogP contribution in [0.5, 0.6) is 11.5 Å². The monoisotopic (exact) mass is 654 g/mol. The lowest BCUT2D eigenvalue weighted by Crippen LogP contribution is -2.55. The van der Waals surface area contributed by atoms with Crippen LogP contribution in [-0.2, 0) is 26.0 Å². The first-order chi connectivity index (χ1) is 21.0. The van der Waals surface area contributed by atoms with Gasteiger partial charge in [0, 0.05) is 44.5 Å². The highest BCUT2D eigenvalue weighted by Crippen LogP contribution is 2.43. The Morgan fingerprint density at radius 1 is 1.02 bits per heavy atom. The Morgan fingerprint density at radius 3 is 2.33 bits per heavy atom. The molecule has 0 aromatic heterocycles. The fraction of sp³-hybridized carbons (Fsp3) is 0.548. The number of carbonyl (C=O) groups excluding carboxylic acids is 2. The summed E-state index contributed by atoms with van der Waals surface area (Å²) in [5, 5.41) is 17.8. The Balaban J connectivity index is 1.75. The van der Waals surface area contributed by atoms with Crippen molar-refractivity contribution in [1.29, 1.82) is 0 Å². The molecule has 2 atom stereocenters. The number of nitrogens with one attached hydrogen (secondary N) is 2. The summed E-state index contributed by atoms with van der Waals surface area (Å²) in [4.78, 5) is 26.0. The van der Waals surface area contributed by atoms with Gasteiger partial charge in [0.05, 0.1) is 11.4 Å². The largest absolute Gasteiger partial charge is 0.586 e. The third kappa shape index (κ3) is 10.6. The van der Waals surface area contributed by atoms with Crippen LogP contribution in [0.2, 0.25) is 0 Å². The molecule has 0 bridgehead atoms. The van der Waals surface area contributed by atoms with Crippen molar-refractivity contribution in [2.45, 2.75) is 75.8 Å². The highest BCUT2D eigenvalue weighted by atomic mass is 32.2. The van der Waals surface area contributed by atoms with E-state index < -0.39 is 27.8 Å². The molecule has 1 heterocycles. The van der Waals surface area contributed by atoms with E-state index in [9.17, 15) is 31.9 Å². The van der Waals surface area contributed by atoms with E-state index in [1.165, 1.54) is 0 Å². The Bertz CT molecular complexity index is 1410. The Kier molecular flexibility index (Phi) is 12.3. The molecule has 3 rings (SSSR count). The van der Waals surface area contributed by atoms with Crippen LogP contribution in [0.25, 0.3) is 0 Å². The summed E-state index contributed by atoms with van der Waals surface area (Å²) in [6.07, 6.45) is -2.89. The molecule has 0 saturated carbocycles. The molecule has 2 unspecified atom stereocenters. The van der Waals surface area contributed by atoms with Crippen LogP contribution in [0.3, 0.4) is 0 Å². The summed E-state index contributed by atoms with van der Waals surface area (Å²) in [5.74, 6) is -1.35. The van der Waals surface area contributed by atoms with Gasteiger partial charge in [-0.3, -0.25) is 9.59 Å². The van der Waals surface area contributed by atoms with Crippen LogP contribution in [-0.4, -0.2) is 86.3 Å². The van der Waals surface area contributed by atoms with Gasteiger partial charge >= 0.3 is 6.29 Å². The van der Waals surface area contributed by atoms with Crippen molar-refractivity contribution >= 4 is 21.8 Å². The number of benzene rings is 2. The van der Waals surface area contributed by atoms with Gasteiger partial charge in [-0.25, -0.2) is 8.42 Å². The van der Waals surface area contributed by atoms with Crippen molar-refractivity contribution in [2.75, 3.05) is 33.7 Å². The van der Waals surface area contributed by atoms with E-state index in [-0.39, 0.29) is 73.3 Å². The number of halogens is 2. The zero-order valence-corrected chi connectivity index (χ0v) is 27.2. The van der Waals surface area contributed by atoms with E-state index in [4.69, 9.17) is 0 Å². The lowest BCUT2D eigenvalue weighted by atomic mass is 9.98. The molecule has 2 amide bonds. The maximum atomic E-state index is 14.1. The molecule has 0 spiro atoms. The van der Waals surface area contributed by atoms with Gasteiger partial charge in [-0.05, 0) is 57.5 Å². The molecular weight excluding hydrogens is 610 g/mol. The molecule has 0 aliphatic carbocycles. The van der Waals surface area contributed by atoms with E-state index in [0.717, 1.165) is 22.5 Å². The lowest BCUT2D eigenvalue weighted by molar-refractivity contribution is -0.286. The van der Waals surface area contributed by atoms with E-state index in [1.807, 2.05) is 6.92 Å². The maximum absolute atomic E-state index is 14.1. The van der Waals surface area contributed by atoms with Gasteiger partial charge in [0.15, 0.2) is 11.5 Å². The first-order valence-corrected chi connectivity index (χ1v) is 16.3. The fourth-order valence-corrected chi connectivity index (χ4v) is 6.85. The van der Waals surface area contributed by atoms with Crippen LogP contribution in [0.15, 0.2) is 53.4 Å². The number of ether oxygens (including phenoxy) is 2. The third-order valence-electron chi connectivity index (χ3n) is 7.04. The van der Waals surface area contributed by atoms with E-state index >= 15 is 0 Å². The van der Waals surface area contributed by atoms with Gasteiger partial charge in [0.1, 0.15) is 5.72 Å². The second-order valence-electron chi connectivity index (χ2n) is 12.0. The predicted octanol–water partition coefficient (Wildman–Crippen LogP) is 3.33. The zero-order chi connectivity index (χ0) is 33.4. The predicted molar refractivity (Wildman–Crippen MR) is 164 cm³/mol. The molecule has 45 heavy (non-hydrogen) atoms. The number of sulfonamides is 1. The van der Waals surface area contributed by atoms with Crippen LogP contribution in [0.4, 0.5) is 8.78 Å². The molecule has 2 aromatic rings. The zero-order valence-electron chi connectivity index (χ0n) is 26.4. The number of fused-ring (bicyclic) bond motifs is 1. The normalized spacial score (nSPS) is 16.1. The smallest absolute Gasteiger partial charge is 0.395 e. The first kappa shape index (κ1) is 36.1. The van der Waals surface area contributed by atoms with Crippen molar-refractivity contribution in [3.05, 3.63) is 54.1 Å². The minimum absolute atomic E-state index is 0.0330. The molecule has 1 aliphatic heterocycles. The summed E-state index contributed by atoms with van der Waals surface area (Å²) >= 11 is 0. The topological polar surface area (TPSA) is 138 Å². The Morgan fingerprint density at radius 2 is 1.69 bits per heavy atom. The average molecular weight is 655 g/mol.